The normalized spacial score (nSPS) is 18.8. The van der Waals surface area contributed by atoms with Crippen molar-refractivity contribution in [3.05, 3.63) is 69.5 Å². The van der Waals surface area contributed by atoms with Crippen molar-refractivity contribution in [2.75, 3.05) is 24.5 Å². The lowest BCUT2D eigenvalue weighted by Crippen LogP contribution is -2.54. The number of hydrogen-bond donors (Lipinski definition) is 0. The van der Waals surface area contributed by atoms with E-state index in [0.717, 1.165) is 41.2 Å². The molecule has 1 amide bonds. The highest BCUT2D eigenvalue weighted by molar-refractivity contribution is 5.95. The van der Waals surface area contributed by atoms with Crippen LogP contribution in [0.5, 0.6) is 0 Å². The van der Waals surface area contributed by atoms with Gasteiger partial charge in [-0.2, -0.15) is 0 Å². The first-order valence-electron chi connectivity index (χ1n) is 13.4. The third-order valence-electron chi connectivity index (χ3n) is 8.05. The van der Waals surface area contributed by atoms with Crippen LogP contribution in [0.1, 0.15) is 66.7 Å². The Labute approximate surface area is 220 Å². The predicted molar refractivity (Wildman–Crippen MR) is 145 cm³/mol. The van der Waals surface area contributed by atoms with E-state index in [9.17, 15) is 14.9 Å². The van der Waals surface area contributed by atoms with E-state index < -0.39 is 4.92 Å². The number of benzene rings is 2. The smallest absolute Gasteiger partial charge is 0.273 e. The molecule has 6 rings (SSSR count). The SMILES string of the molecule is Cc1ccc(C(=O)N2CCN(c3nc4ccccc4c4nnc(C5CCCCC5)n34)C[C@@H]2C)cc1[N+](=O)[O-]. The number of carbonyl (C=O) groups excluding carboxylic acids is 1. The van der Waals surface area contributed by atoms with Gasteiger partial charge in [0, 0.05) is 54.2 Å². The van der Waals surface area contributed by atoms with Crippen molar-refractivity contribution in [1.29, 1.82) is 0 Å². The summed E-state index contributed by atoms with van der Waals surface area (Å²) in [7, 11) is 0. The van der Waals surface area contributed by atoms with Gasteiger partial charge in [0.1, 0.15) is 5.82 Å². The Bertz CT molecular complexity index is 1540. The third kappa shape index (κ3) is 4.13. The molecule has 2 aromatic heterocycles. The summed E-state index contributed by atoms with van der Waals surface area (Å²) in [6.07, 6.45) is 5.87. The Morgan fingerprint density at radius 1 is 1.05 bits per heavy atom. The number of carbonyl (C=O) groups is 1. The van der Waals surface area contributed by atoms with Gasteiger partial charge >= 0.3 is 0 Å². The van der Waals surface area contributed by atoms with Crippen LogP contribution in [0, 0.1) is 17.0 Å². The van der Waals surface area contributed by atoms with Crippen LogP contribution in [0.2, 0.25) is 0 Å². The fourth-order valence-corrected chi connectivity index (χ4v) is 5.97. The average molecular weight is 514 g/mol. The van der Waals surface area contributed by atoms with Crippen molar-refractivity contribution in [3.8, 4) is 0 Å². The summed E-state index contributed by atoms with van der Waals surface area (Å²) in [5.74, 6) is 1.96. The number of para-hydroxylation sites is 1. The molecule has 10 nitrogen and oxygen atoms in total. The fraction of sp³-hybridized carbons (Fsp3) is 0.429. The third-order valence-corrected chi connectivity index (χ3v) is 8.05. The highest BCUT2D eigenvalue weighted by atomic mass is 16.6. The lowest BCUT2D eigenvalue weighted by molar-refractivity contribution is -0.385. The lowest BCUT2D eigenvalue weighted by Gasteiger charge is -2.40. The number of anilines is 1. The van der Waals surface area contributed by atoms with E-state index in [2.05, 4.69) is 19.5 Å². The Hall–Kier alpha value is -4.08. The predicted octanol–water partition coefficient (Wildman–Crippen LogP) is 4.89. The van der Waals surface area contributed by atoms with Gasteiger partial charge in [0.15, 0.2) is 5.65 Å². The van der Waals surface area contributed by atoms with Crippen LogP contribution >= 0.6 is 0 Å². The molecule has 0 N–H and O–H groups in total. The van der Waals surface area contributed by atoms with Crippen LogP contribution in [0.4, 0.5) is 11.6 Å². The first kappa shape index (κ1) is 24.3. The number of nitro benzene ring substituents is 1. The van der Waals surface area contributed by atoms with Gasteiger partial charge in [0.25, 0.3) is 11.6 Å². The van der Waals surface area contributed by atoms with E-state index in [4.69, 9.17) is 4.98 Å². The number of amides is 1. The van der Waals surface area contributed by atoms with Crippen LogP contribution in [-0.4, -0.2) is 61.0 Å². The van der Waals surface area contributed by atoms with E-state index in [1.54, 1.807) is 24.0 Å². The number of hydrogen-bond acceptors (Lipinski definition) is 7. The summed E-state index contributed by atoms with van der Waals surface area (Å²) < 4.78 is 2.14. The van der Waals surface area contributed by atoms with Crippen molar-refractivity contribution in [3.63, 3.8) is 0 Å². The quantitative estimate of drug-likeness (QED) is 0.282. The molecule has 2 aromatic carbocycles. The summed E-state index contributed by atoms with van der Waals surface area (Å²) in [6.45, 7) is 5.35. The van der Waals surface area contributed by atoms with Gasteiger partial charge in [0.05, 0.1) is 10.4 Å². The van der Waals surface area contributed by atoms with Gasteiger partial charge in [-0.1, -0.05) is 37.5 Å². The molecule has 0 radical (unpaired) electrons. The monoisotopic (exact) mass is 513 g/mol. The van der Waals surface area contributed by atoms with E-state index in [0.29, 0.717) is 36.7 Å². The first-order chi connectivity index (χ1) is 18.4. The molecule has 1 saturated carbocycles. The fourth-order valence-electron chi connectivity index (χ4n) is 5.97. The maximum absolute atomic E-state index is 13.4. The molecule has 0 bridgehead atoms. The standard InChI is InChI=1S/C28H31N7O3/c1-18-12-13-21(16-24(18)35(37)38)27(36)33-15-14-32(17-19(33)2)28-29-23-11-7-6-10-22(23)26-31-30-25(34(26)28)20-8-4-3-5-9-20/h6-7,10-13,16,19-20H,3-5,8-9,14-15,17H2,1-2H3/t19-/m0/s1. The molecule has 0 unspecified atom stereocenters. The van der Waals surface area contributed by atoms with Crippen LogP contribution < -0.4 is 4.90 Å². The van der Waals surface area contributed by atoms with E-state index in [1.807, 2.05) is 31.2 Å². The zero-order valence-electron chi connectivity index (χ0n) is 21.7. The average Bonchev–Trinajstić information content (AvgIpc) is 3.38. The maximum atomic E-state index is 13.4. The van der Waals surface area contributed by atoms with Crippen LogP contribution in [0.25, 0.3) is 16.6 Å². The second-order valence-electron chi connectivity index (χ2n) is 10.5. The van der Waals surface area contributed by atoms with E-state index in [1.165, 1.54) is 25.3 Å². The first-order valence-corrected chi connectivity index (χ1v) is 13.4. The molecule has 3 heterocycles. The lowest BCUT2D eigenvalue weighted by atomic mass is 9.89. The van der Waals surface area contributed by atoms with Crippen molar-refractivity contribution < 1.29 is 9.72 Å². The number of aromatic nitrogens is 4. The molecule has 1 aliphatic heterocycles. The Morgan fingerprint density at radius 2 is 1.84 bits per heavy atom. The number of piperazine rings is 1. The molecule has 0 spiro atoms. The summed E-state index contributed by atoms with van der Waals surface area (Å²) in [5, 5.41) is 21.7. The largest absolute Gasteiger partial charge is 0.338 e. The van der Waals surface area contributed by atoms with Gasteiger partial charge in [-0.3, -0.25) is 14.9 Å². The maximum Gasteiger partial charge on any atom is 0.273 e. The Kier molecular flexibility index (Phi) is 6.17. The van der Waals surface area contributed by atoms with Gasteiger partial charge in [-0.15, -0.1) is 10.2 Å². The minimum absolute atomic E-state index is 0.0345. The van der Waals surface area contributed by atoms with Gasteiger partial charge in [-0.05, 0) is 44.9 Å². The second-order valence-corrected chi connectivity index (χ2v) is 10.5. The topological polar surface area (TPSA) is 110 Å². The summed E-state index contributed by atoms with van der Waals surface area (Å²) in [6, 6.07) is 12.6. The summed E-state index contributed by atoms with van der Waals surface area (Å²) >= 11 is 0. The number of aryl methyl sites for hydroxylation is 1. The molecule has 1 atom stereocenters. The molecular formula is C28H31N7O3. The number of nitrogens with zero attached hydrogens (tertiary/aromatic N) is 7. The summed E-state index contributed by atoms with van der Waals surface area (Å²) in [5.41, 5.74) is 2.54. The Morgan fingerprint density at radius 3 is 2.61 bits per heavy atom. The van der Waals surface area contributed by atoms with Crippen LogP contribution in [-0.2, 0) is 0 Å². The number of nitro groups is 1. The molecule has 1 aliphatic carbocycles. The zero-order chi connectivity index (χ0) is 26.4. The highest BCUT2D eigenvalue weighted by Crippen LogP contribution is 2.35. The molecule has 196 valence electrons. The van der Waals surface area contributed by atoms with Gasteiger partial charge < -0.3 is 9.80 Å². The minimum atomic E-state index is -0.437. The molecule has 2 aliphatic rings. The highest BCUT2D eigenvalue weighted by Gasteiger charge is 2.32. The van der Waals surface area contributed by atoms with Crippen LogP contribution in [0.15, 0.2) is 42.5 Å². The number of rotatable bonds is 4. The molecule has 1 saturated heterocycles. The molecule has 10 heteroatoms. The summed E-state index contributed by atoms with van der Waals surface area (Å²) in [4.78, 5) is 33.5. The van der Waals surface area contributed by atoms with E-state index in [-0.39, 0.29) is 17.6 Å². The molecule has 2 fully saturated rings. The zero-order valence-corrected chi connectivity index (χ0v) is 21.7. The van der Waals surface area contributed by atoms with E-state index >= 15 is 0 Å². The molecule has 38 heavy (non-hydrogen) atoms. The van der Waals surface area contributed by atoms with Crippen LogP contribution in [0.3, 0.4) is 0 Å². The van der Waals surface area contributed by atoms with Crippen molar-refractivity contribution >= 4 is 34.1 Å². The Balaban J connectivity index is 1.34. The van der Waals surface area contributed by atoms with Gasteiger partial charge in [0.2, 0.25) is 5.95 Å². The molecular weight excluding hydrogens is 482 g/mol. The second kappa shape index (κ2) is 9.66. The van der Waals surface area contributed by atoms with Crippen molar-refractivity contribution in [1.82, 2.24) is 24.5 Å². The van der Waals surface area contributed by atoms with Crippen molar-refractivity contribution in [2.24, 2.45) is 0 Å². The van der Waals surface area contributed by atoms with Gasteiger partial charge in [-0.25, -0.2) is 9.38 Å². The van der Waals surface area contributed by atoms with Crippen molar-refractivity contribution in [2.45, 2.75) is 57.9 Å². The number of fused-ring (bicyclic) bond motifs is 3. The minimum Gasteiger partial charge on any atom is -0.338 e. The molecule has 4 aromatic rings.